The summed E-state index contributed by atoms with van der Waals surface area (Å²) in [6.07, 6.45) is 0. The lowest BCUT2D eigenvalue weighted by Gasteiger charge is -2.09. The minimum Gasteiger partial charge on any atom is -0.465 e. The van der Waals surface area contributed by atoms with Gasteiger partial charge in [0.1, 0.15) is 0 Å². The van der Waals surface area contributed by atoms with E-state index in [9.17, 15) is 9.59 Å². The van der Waals surface area contributed by atoms with E-state index in [-0.39, 0.29) is 5.91 Å². The molecule has 0 spiro atoms. The van der Waals surface area contributed by atoms with Crippen molar-refractivity contribution in [3.63, 3.8) is 0 Å². The van der Waals surface area contributed by atoms with Crippen molar-refractivity contribution >= 4 is 45.3 Å². The minimum absolute atomic E-state index is 0.0909. The number of carbonyl (C=O) groups excluding carboxylic acids is 2. The maximum absolute atomic E-state index is 12.0. The zero-order valence-electron chi connectivity index (χ0n) is 12.8. The Morgan fingerprint density at radius 3 is 2.48 bits per heavy atom. The van der Waals surface area contributed by atoms with Gasteiger partial charge in [-0.05, 0) is 55.0 Å². The topological polar surface area (TPSA) is 55.4 Å². The van der Waals surface area contributed by atoms with Gasteiger partial charge in [0.2, 0.25) is 5.91 Å². The van der Waals surface area contributed by atoms with Crippen LogP contribution < -0.4 is 5.32 Å². The van der Waals surface area contributed by atoms with Crippen LogP contribution in [0.15, 0.2) is 51.8 Å². The summed E-state index contributed by atoms with van der Waals surface area (Å²) in [6, 6.07) is 12.8. The van der Waals surface area contributed by atoms with Crippen LogP contribution in [-0.2, 0) is 9.53 Å². The lowest BCUT2D eigenvalue weighted by Crippen LogP contribution is -2.15. The number of aryl methyl sites for hydroxylation is 1. The predicted molar refractivity (Wildman–Crippen MR) is 96.0 cm³/mol. The van der Waals surface area contributed by atoms with Crippen LogP contribution >= 0.6 is 27.7 Å². The van der Waals surface area contributed by atoms with E-state index in [1.54, 1.807) is 18.2 Å². The molecule has 0 fully saturated rings. The molecule has 0 aliphatic carbocycles. The molecule has 1 N–H and O–H groups in total. The van der Waals surface area contributed by atoms with Gasteiger partial charge >= 0.3 is 5.97 Å². The van der Waals surface area contributed by atoms with E-state index in [2.05, 4.69) is 26.0 Å². The number of carbonyl (C=O) groups is 2. The highest BCUT2D eigenvalue weighted by molar-refractivity contribution is 9.10. The highest BCUT2D eigenvalue weighted by atomic mass is 79.9. The standard InChI is InChI=1S/C17H16BrNO3S/c1-11-9-12(17(21)22-2)3-8-15(11)19-16(20)10-23-14-6-4-13(18)5-7-14/h3-9H,10H2,1-2H3,(H,19,20). The molecule has 0 unspecified atom stereocenters. The molecule has 0 radical (unpaired) electrons. The lowest BCUT2D eigenvalue weighted by molar-refractivity contribution is -0.113. The van der Waals surface area contributed by atoms with Gasteiger partial charge in [-0.15, -0.1) is 11.8 Å². The molecule has 0 aromatic heterocycles. The Morgan fingerprint density at radius 2 is 1.87 bits per heavy atom. The summed E-state index contributed by atoms with van der Waals surface area (Å²) in [5.74, 6) is -0.163. The molecule has 4 nitrogen and oxygen atoms in total. The maximum atomic E-state index is 12.0. The van der Waals surface area contributed by atoms with E-state index >= 15 is 0 Å². The van der Waals surface area contributed by atoms with Crippen molar-refractivity contribution in [1.82, 2.24) is 0 Å². The summed E-state index contributed by atoms with van der Waals surface area (Å²) in [4.78, 5) is 24.5. The summed E-state index contributed by atoms with van der Waals surface area (Å²) in [5.41, 5.74) is 1.97. The van der Waals surface area contributed by atoms with Crippen LogP contribution in [0, 0.1) is 6.92 Å². The van der Waals surface area contributed by atoms with E-state index in [0.29, 0.717) is 17.0 Å². The van der Waals surface area contributed by atoms with Gasteiger partial charge in [0.25, 0.3) is 0 Å². The second-order valence-electron chi connectivity index (χ2n) is 4.81. The van der Waals surface area contributed by atoms with Gasteiger partial charge in [-0.2, -0.15) is 0 Å². The third-order valence-electron chi connectivity index (χ3n) is 3.11. The first-order valence-electron chi connectivity index (χ1n) is 6.87. The summed E-state index contributed by atoms with van der Waals surface area (Å²) >= 11 is 4.84. The summed E-state index contributed by atoms with van der Waals surface area (Å²) in [5, 5.41) is 2.85. The molecule has 2 rings (SSSR count). The van der Waals surface area contributed by atoms with Crippen LogP contribution in [0.3, 0.4) is 0 Å². The highest BCUT2D eigenvalue weighted by Crippen LogP contribution is 2.22. The molecule has 0 bridgehead atoms. The second-order valence-corrected chi connectivity index (χ2v) is 6.78. The Morgan fingerprint density at radius 1 is 1.17 bits per heavy atom. The fourth-order valence-corrected chi connectivity index (χ4v) is 2.88. The van der Waals surface area contributed by atoms with Gasteiger partial charge in [-0.25, -0.2) is 4.79 Å². The molecule has 0 atom stereocenters. The van der Waals surface area contributed by atoms with Gasteiger partial charge in [0.15, 0.2) is 0 Å². The van der Waals surface area contributed by atoms with Crippen molar-refractivity contribution in [2.75, 3.05) is 18.2 Å². The van der Waals surface area contributed by atoms with Gasteiger partial charge in [0.05, 0.1) is 18.4 Å². The minimum atomic E-state index is -0.392. The van der Waals surface area contributed by atoms with Crippen molar-refractivity contribution in [1.29, 1.82) is 0 Å². The Bertz CT molecular complexity index is 716. The average molecular weight is 394 g/mol. The van der Waals surface area contributed by atoms with Gasteiger partial charge in [0, 0.05) is 15.1 Å². The third kappa shape index (κ3) is 5.11. The van der Waals surface area contributed by atoms with Crippen LogP contribution in [0.2, 0.25) is 0 Å². The summed E-state index contributed by atoms with van der Waals surface area (Å²) < 4.78 is 5.68. The van der Waals surface area contributed by atoms with Gasteiger partial charge < -0.3 is 10.1 Å². The number of amides is 1. The maximum Gasteiger partial charge on any atom is 0.337 e. The molecule has 0 aliphatic rings. The number of anilines is 1. The Hall–Kier alpha value is -1.79. The largest absolute Gasteiger partial charge is 0.465 e. The van der Waals surface area contributed by atoms with E-state index in [1.165, 1.54) is 18.9 Å². The van der Waals surface area contributed by atoms with Gasteiger partial charge in [-0.3, -0.25) is 4.79 Å². The van der Waals surface area contributed by atoms with Crippen LogP contribution in [0.4, 0.5) is 5.69 Å². The van der Waals surface area contributed by atoms with Crippen LogP contribution in [0.1, 0.15) is 15.9 Å². The molecule has 2 aromatic rings. The van der Waals surface area contributed by atoms with Crippen molar-refractivity contribution in [2.45, 2.75) is 11.8 Å². The monoisotopic (exact) mass is 393 g/mol. The smallest absolute Gasteiger partial charge is 0.337 e. The molecule has 2 aromatic carbocycles. The lowest BCUT2D eigenvalue weighted by atomic mass is 10.1. The molecular formula is C17H16BrNO3S. The number of halogens is 1. The molecule has 0 saturated heterocycles. The molecule has 1 amide bonds. The first-order chi connectivity index (χ1) is 11.0. The number of hydrogen-bond donors (Lipinski definition) is 1. The third-order valence-corrected chi connectivity index (χ3v) is 4.65. The SMILES string of the molecule is COC(=O)c1ccc(NC(=O)CSc2ccc(Br)cc2)c(C)c1. The zero-order valence-corrected chi connectivity index (χ0v) is 15.2. The Balaban J connectivity index is 1.94. The van der Waals surface area contributed by atoms with E-state index in [1.807, 2.05) is 31.2 Å². The fraction of sp³-hybridized carbons (Fsp3) is 0.176. The molecule has 6 heteroatoms. The number of nitrogens with one attached hydrogen (secondary N) is 1. The highest BCUT2D eigenvalue weighted by Gasteiger charge is 2.10. The van der Waals surface area contributed by atoms with E-state index in [0.717, 1.165) is 14.9 Å². The first kappa shape index (κ1) is 17.6. The molecule has 0 aliphatic heterocycles. The molecule has 0 heterocycles. The number of ether oxygens (including phenoxy) is 1. The predicted octanol–water partition coefficient (Wildman–Crippen LogP) is 4.27. The van der Waals surface area contributed by atoms with Crippen molar-refractivity contribution in [2.24, 2.45) is 0 Å². The Kier molecular flexibility index (Phi) is 6.24. The number of methoxy groups -OCH3 is 1. The normalized spacial score (nSPS) is 10.2. The second kappa shape index (κ2) is 8.17. The zero-order chi connectivity index (χ0) is 16.8. The molecular weight excluding hydrogens is 378 g/mol. The quantitative estimate of drug-likeness (QED) is 0.608. The number of benzene rings is 2. The van der Waals surface area contributed by atoms with E-state index in [4.69, 9.17) is 0 Å². The summed E-state index contributed by atoms with van der Waals surface area (Å²) in [7, 11) is 1.34. The van der Waals surface area contributed by atoms with E-state index < -0.39 is 5.97 Å². The number of hydrogen-bond acceptors (Lipinski definition) is 4. The van der Waals surface area contributed by atoms with Crippen LogP contribution in [-0.4, -0.2) is 24.7 Å². The van der Waals surface area contributed by atoms with Crippen molar-refractivity contribution < 1.29 is 14.3 Å². The summed E-state index contributed by atoms with van der Waals surface area (Å²) in [6.45, 7) is 1.84. The van der Waals surface area contributed by atoms with Crippen molar-refractivity contribution in [3.8, 4) is 0 Å². The van der Waals surface area contributed by atoms with Crippen LogP contribution in [0.5, 0.6) is 0 Å². The molecule has 23 heavy (non-hydrogen) atoms. The van der Waals surface area contributed by atoms with Gasteiger partial charge in [-0.1, -0.05) is 15.9 Å². The number of thioether (sulfide) groups is 1. The number of rotatable bonds is 5. The first-order valence-corrected chi connectivity index (χ1v) is 8.64. The molecule has 0 saturated carbocycles. The number of esters is 1. The fourth-order valence-electron chi connectivity index (χ4n) is 1.91. The average Bonchev–Trinajstić information content (AvgIpc) is 2.55. The molecule has 120 valence electrons. The van der Waals surface area contributed by atoms with Crippen molar-refractivity contribution in [3.05, 3.63) is 58.1 Å². The Labute approximate surface area is 147 Å². The van der Waals surface area contributed by atoms with Crippen LogP contribution in [0.25, 0.3) is 0 Å².